The van der Waals surface area contributed by atoms with Crippen LogP contribution in [0, 0.1) is 0 Å². The minimum atomic E-state index is -1.24. The molecule has 0 unspecified atom stereocenters. The van der Waals surface area contributed by atoms with Crippen LogP contribution in [0.2, 0.25) is 0 Å². The summed E-state index contributed by atoms with van der Waals surface area (Å²) in [6.45, 7) is 0. The first-order chi connectivity index (χ1) is 7.77. The monoisotopic (exact) mass is 213 g/mol. The van der Waals surface area contributed by atoms with Gasteiger partial charge in [0.25, 0.3) is 0 Å². The summed E-state index contributed by atoms with van der Waals surface area (Å²) < 4.78 is 5.45. The van der Waals surface area contributed by atoms with Gasteiger partial charge in [-0.25, -0.2) is 9.90 Å². The van der Waals surface area contributed by atoms with Gasteiger partial charge in [-0.2, -0.15) is 0 Å². The zero-order chi connectivity index (χ0) is 11.4. The highest BCUT2D eigenvalue weighted by Crippen LogP contribution is 2.24. The van der Waals surface area contributed by atoms with E-state index in [9.17, 15) is 9.90 Å². The maximum atomic E-state index is 10.8. The van der Waals surface area contributed by atoms with Crippen molar-refractivity contribution >= 4 is 5.97 Å². The third-order valence-electron chi connectivity index (χ3n) is 2.08. The molecular weight excluding hydrogens is 204 g/mol. The minimum Gasteiger partial charge on any atom is -0.456 e. The Hall–Kier alpha value is -2.29. The molecule has 0 fully saturated rings. The average molecular weight is 213 g/mol. The van der Waals surface area contributed by atoms with Crippen molar-refractivity contribution in [3.05, 3.63) is 60.2 Å². The van der Waals surface area contributed by atoms with Gasteiger partial charge in [0.1, 0.15) is 17.1 Å². The quantitative estimate of drug-likeness (QED) is 0.786. The van der Waals surface area contributed by atoms with Crippen molar-refractivity contribution in [3.63, 3.8) is 0 Å². The Kier molecular flexibility index (Phi) is 2.87. The zero-order valence-corrected chi connectivity index (χ0v) is 8.42. The summed E-state index contributed by atoms with van der Waals surface area (Å²) in [6, 6.07) is 15.4. The molecular formula is C13H9O3. The molecule has 0 aliphatic heterocycles. The zero-order valence-electron chi connectivity index (χ0n) is 8.42. The predicted octanol–water partition coefficient (Wildman–Crippen LogP) is 3.05. The molecule has 0 aliphatic rings. The molecule has 0 saturated heterocycles. The first-order valence-corrected chi connectivity index (χ1v) is 4.80. The fourth-order valence-corrected chi connectivity index (χ4v) is 1.34. The number of benzene rings is 2. The van der Waals surface area contributed by atoms with Gasteiger partial charge in [0.2, 0.25) is 0 Å². The lowest BCUT2D eigenvalue weighted by molar-refractivity contribution is 0.0570. The molecule has 0 N–H and O–H groups in total. The summed E-state index contributed by atoms with van der Waals surface area (Å²) in [5, 5.41) is 10.8. The van der Waals surface area contributed by atoms with E-state index < -0.39 is 5.97 Å². The van der Waals surface area contributed by atoms with E-state index in [-0.39, 0.29) is 11.3 Å². The van der Waals surface area contributed by atoms with Crippen molar-refractivity contribution in [2.45, 2.75) is 0 Å². The standard InChI is InChI=1S/C13H9O3/c14-13(15)11-8-4-5-9-12(11)16-10-6-2-1-3-7-10/h1-9H. The normalized spacial score (nSPS) is 9.75. The van der Waals surface area contributed by atoms with Crippen LogP contribution in [0.15, 0.2) is 54.6 Å². The van der Waals surface area contributed by atoms with E-state index in [1.165, 1.54) is 6.07 Å². The first kappa shape index (κ1) is 10.2. The molecule has 2 aromatic carbocycles. The fourth-order valence-electron chi connectivity index (χ4n) is 1.34. The molecule has 0 heterocycles. The molecule has 0 amide bonds. The van der Waals surface area contributed by atoms with Gasteiger partial charge < -0.3 is 4.74 Å². The summed E-state index contributed by atoms with van der Waals surface area (Å²) in [4.78, 5) is 10.8. The van der Waals surface area contributed by atoms with Crippen molar-refractivity contribution in [1.29, 1.82) is 0 Å². The molecule has 1 radical (unpaired) electrons. The summed E-state index contributed by atoms with van der Waals surface area (Å²) in [6.07, 6.45) is 0. The number of para-hydroxylation sites is 2. The highest BCUT2D eigenvalue weighted by molar-refractivity contribution is 5.90. The van der Waals surface area contributed by atoms with Gasteiger partial charge in [-0.3, -0.25) is 0 Å². The van der Waals surface area contributed by atoms with Crippen LogP contribution in [0.1, 0.15) is 10.4 Å². The number of hydrogen-bond donors (Lipinski definition) is 0. The summed E-state index contributed by atoms with van der Waals surface area (Å²) >= 11 is 0. The number of carbonyl (C=O) groups is 1. The molecule has 0 bridgehead atoms. The number of carbonyl (C=O) groups excluding carboxylic acids is 1. The van der Waals surface area contributed by atoms with Crippen molar-refractivity contribution in [3.8, 4) is 11.5 Å². The summed E-state index contributed by atoms with van der Waals surface area (Å²) in [7, 11) is 0. The highest BCUT2D eigenvalue weighted by Gasteiger charge is 2.12. The van der Waals surface area contributed by atoms with Crippen LogP contribution >= 0.6 is 0 Å². The van der Waals surface area contributed by atoms with Crippen molar-refractivity contribution in [2.75, 3.05) is 0 Å². The van der Waals surface area contributed by atoms with Crippen LogP contribution in [0.5, 0.6) is 11.5 Å². The van der Waals surface area contributed by atoms with E-state index in [1.54, 1.807) is 30.3 Å². The van der Waals surface area contributed by atoms with Gasteiger partial charge >= 0.3 is 5.97 Å². The number of rotatable bonds is 3. The van der Waals surface area contributed by atoms with E-state index in [1.807, 2.05) is 18.2 Å². The predicted molar refractivity (Wildman–Crippen MR) is 58.0 cm³/mol. The van der Waals surface area contributed by atoms with E-state index in [2.05, 4.69) is 0 Å². The van der Waals surface area contributed by atoms with Crippen LogP contribution in [-0.4, -0.2) is 5.97 Å². The van der Waals surface area contributed by atoms with Crippen LogP contribution < -0.4 is 4.74 Å². The Morgan fingerprint density at radius 3 is 2.19 bits per heavy atom. The maximum absolute atomic E-state index is 10.8. The first-order valence-electron chi connectivity index (χ1n) is 4.80. The molecule has 0 atom stereocenters. The van der Waals surface area contributed by atoms with Gasteiger partial charge in [-0.1, -0.05) is 30.3 Å². The molecule has 2 rings (SSSR count). The minimum absolute atomic E-state index is 0.0475. The molecule has 0 saturated carbocycles. The van der Waals surface area contributed by atoms with Crippen LogP contribution in [-0.2, 0) is 5.11 Å². The van der Waals surface area contributed by atoms with Gasteiger partial charge in [0, 0.05) is 0 Å². The third-order valence-corrected chi connectivity index (χ3v) is 2.08. The van der Waals surface area contributed by atoms with E-state index in [0.717, 1.165) is 0 Å². The van der Waals surface area contributed by atoms with Crippen molar-refractivity contribution in [2.24, 2.45) is 0 Å². The van der Waals surface area contributed by atoms with E-state index >= 15 is 0 Å². The molecule has 79 valence electrons. The lowest BCUT2D eigenvalue weighted by Crippen LogP contribution is -1.97. The SMILES string of the molecule is [O]C(=O)c1ccccc1Oc1ccccc1. The fraction of sp³-hybridized carbons (Fsp3) is 0. The van der Waals surface area contributed by atoms with E-state index in [0.29, 0.717) is 5.75 Å². The van der Waals surface area contributed by atoms with Crippen molar-refractivity contribution < 1.29 is 14.6 Å². The Morgan fingerprint density at radius 1 is 0.875 bits per heavy atom. The van der Waals surface area contributed by atoms with Gasteiger partial charge in [-0.15, -0.1) is 0 Å². The highest BCUT2D eigenvalue weighted by atomic mass is 16.5. The third kappa shape index (κ3) is 2.20. The number of ether oxygens (including phenoxy) is 1. The molecule has 3 heteroatoms. The molecule has 0 aromatic heterocycles. The lowest BCUT2D eigenvalue weighted by atomic mass is 10.2. The Morgan fingerprint density at radius 2 is 1.50 bits per heavy atom. The topological polar surface area (TPSA) is 46.2 Å². The second-order valence-corrected chi connectivity index (χ2v) is 3.20. The average Bonchev–Trinajstić information content (AvgIpc) is 2.31. The molecule has 0 spiro atoms. The Balaban J connectivity index is 2.31. The molecule has 16 heavy (non-hydrogen) atoms. The van der Waals surface area contributed by atoms with Crippen molar-refractivity contribution in [1.82, 2.24) is 0 Å². The lowest BCUT2D eigenvalue weighted by Gasteiger charge is -2.07. The van der Waals surface area contributed by atoms with Crippen LogP contribution in [0.4, 0.5) is 0 Å². The molecule has 3 nitrogen and oxygen atoms in total. The maximum Gasteiger partial charge on any atom is 0.390 e. The molecule has 0 aliphatic carbocycles. The Bertz CT molecular complexity index is 492. The number of hydrogen-bond acceptors (Lipinski definition) is 2. The Labute approximate surface area is 92.9 Å². The van der Waals surface area contributed by atoms with Crippen LogP contribution in [0.25, 0.3) is 0 Å². The second-order valence-electron chi connectivity index (χ2n) is 3.20. The largest absolute Gasteiger partial charge is 0.456 e. The second kappa shape index (κ2) is 4.49. The summed E-state index contributed by atoms with van der Waals surface area (Å²) in [5.41, 5.74) is 0.0475. The van der Waals surface area contributed by atoms with Gasteiger partial charge in [0.05, 0.1) is 0 Å². The smallest absolute Gasteiger partial charge is 0.390 e. The van der Waals surface area contributed by atoms with Gasteiger partial charge in [-0.05, 0) is 24.3 Å². The molecule has 2 aromatic rings. The van der Waals surface area contributed by atoms with Gasteiger partial charge in [0.15, 0.2) is 0 Å². The summed E-state index contributed by atoms with van der Waals surface area (Å²) in [5.74, 6) is -0.364. The van der Waals surface area contributed by atoms with E-state index in [4.69, 9.17) is 4.74 Å². The van der Waals surface area contributed by atoms with Crippen LogP contribution in [0.3, 0.4) is 0 Å².